The molecule has 0 bridgehead atoms. The summed E-state index contributed by atoms with van der Waals surface area (Å²) >= 11 is 5.91. The van der Waals surface area contributed by atoms with Crippen LogP contribution in [0.5, 0.6) is 0 Å². The van der Waals surface area contributed by atoms with E-state index in [9.17, 15) is 14.9 Å². The average molecular weight is 360 g/mol. The van der Waals surface area contributed by atoms with Crippen LogP contribution in [-0.4, -0.2) is 36.5 Å². The summed E-state index contributed by atoms with van der Waals surface area (Å²) in [7, 11) is 0. The molecule has 0 saturated heterocycles. The monoisotopic (exact) mass is 359 g/mol. The summed E-state index contributed by atoms with van der Waals surface area (Å²) in [5, 5.41) is 15.6. The Labute approximate surface area is 147 Å². The standard InChI is InChI=1S/C16H14ClN5O3/c1-10-13-3-2-4-19(13)5-6-20(10)16(23)12-8-14-15(22(24)25)7-11(17)9-21(14)18-12/h2-4,7-10H,5-6H2,1H3. The van der Waals surface area contributed by atoms with Crippen LogP contribution in [0, 0.1) is 10.1 Å². The molecule has 1 amide bonds. The van der Waals surface area contributed by atoms with Gasteiger partial charge >= 0.3 is 0 Å². The summed E-state index contributed by atoms with van der Waals surface area (Å²) in [5.41, 5.74) is 1.28. The van der Waals surface area contributed by atoms with Crippen LogP contribution in [0.2, 0.25) is 5.02 Å². The lowest BCUT2D eigenvalue weighted by Gasteiger charge is -2.34. The highest BCUT2D eigenvalue weighted by molar-refractivity contribution is 6.30. The molecule has 0 radical (unpaired) electrons. The smallest absolute Gasteiger partial charge is 0.296 e. The molecule has 1 aliphatic rings. The Kier molecular flexibility index (Phi) is 3.50. The number of halogens is 1. The van der Waals surface area contributed by atoms with Crippen molar-refractivity contribution in [2.45, 2.75) is 19.5 Å². The van der Waals surface area contributed by atoms with Crippen LogP contribution < -0.4 is 0 Å². The number of hydrogen-bond acceptors (Lipinski definition) is 4. The van der Waals surface area contributed by atoms with Crippen molar-refractivity contribution in [1.29, 1.82) is 0 Å². The van der Waals surface area contributed by atoms with Crippen molar-refractivity contribution >= 4 is 28.7 Å². The summed E-state index contributed by atoms with van der Waals surface area (Å²) < 4.78 is 3.40. The molecule has 1 aliphatic heterocycles. The Bertz CT molecular complexity index is 1010. The molecule has 0 aromatic carbocycles. The van der Waals surface area contributed by atoms with Crippen LogP contribution in [0.4, 0.5) is 5.69 Å². The average Bonchev–Trinajstić information content (AvgIpc) is 3.20. The fraction of sp³-hybridized carbons (Fsp3) is 0.250. The van der Waals surface area contributed by atoms with Crippen molar-refractivity contribution < 1.29 is 9.72 Å². The summed E-state index contributed by atoms with van der Waals surface area (Å²) in [4.78, 5) is 25.3. The second kappa shape index (κ2) is 5.59. The van der Waals surface area contributed by atoms with Crippen LogP contribution in [0.15, 0.2) is 36.7 Å². The molecule has 1 unspecified atom stereocenters. The molecule has 25 heavy (non-hydrogen) atoms. The lowest BCUT2D eigenvalue weighted by molar-refractivity contribution is -0.383. The molecule has 8 nitrogen and oxygen atoms in total. The van der Waals surface area contributed by atoms with E-state index < -0.39 is 4.92 Å². The number of carbonyl (C=O) groups excluding carboxylic acids is 1. The van der Waals surface area contributed by atoms with E-state index in [2.05, 4.69) is 9.67 Å². The number of carbonyl (C=O) groups is 1. The number of nitro groups is 1. The molecule has 128 valence electrons. The van der Waals surface area contributed by atoms with Crippen molar-refractivity contribution in [1.82, 2.24) is 19.1 Å². The first-order valence-electron chi connectivity index (χ1n) is 7.75. The van der Waals surface area contributed by atoms with Gasteiger partial charge in [0.25, 0.3) is 11.6 Å². The minimum Gasteiger partial charge on any atom is -0.348 e. The molecule has 4 rings (SSSR count). The van der Waals surface area contributed by atoms with Gasteiger partial charge < -0.3 is 9.47 Å². The van der Waals surface area contributed by atoms with Gasteiger partial charge in [-0.15, -0.1) is 0 Å². The SMILES string of the molecule is CC1c2cccn2CCN1C(=O)c1cc2c([N+](=O)[O-])cc(Cl)cn2n1. The van der Waals surface area contributed by atoms with Gasteiger partial charge in [0.2, 0.25) is 0 Å². The van der Waals surface area contributed by atoms with Gasteiger partial charge in [-0.05, 0) is 19.1 Å². The highest BCUT2D eigenvalue weighted by Gasteiger charge is 2.30. The Morgan fingerprint density at radius 2 is 2.20 bits per heavy atom. The minimum absolute atomic E-state index is 0.0976. The number of amides is 1. The normalized spacial score (nSPS) is 16.9. The highest BCUT2D eigenvalue weighted by atomic mass is 35.5. The van der Waals surface area contributed by atoms with Crippen molar-refractivity contribution in [2.24, 2.45) is 0 Å². The molecule has 0 N–H and O–H groups in total. The van der Waals surface area contributed by atoms with Crippen molar-refractivity contribution in [3.05, 3.63) is 63.2 Å². The van der Waals surface area contributed by atoms with E-state index in [0.29, 0.717) is 13.1 Å². The topological polar surface area (TPSA) is 85.7 Å². The van der Waals surface area contributed by atoms with Gasteiger partial charge in [-0.2, -0.15) is 5.10 Å². The van der Waals surface area contributed by atoms with E-state index >= 15 is 0 Å². The van der Waals surface area contributed by atoms with E-state index in [1.165, 1.54) is 22.8 Å². The first-order valence-corrected chi connectivity index (χ1v) is 8.13. The van der Waals surface area contributed by atoms with Gasteiger partial charge in [0.05, 0.1) is 16.0 Å². The molecule has 0 spiro atoms. The van der Waals surface area contributed by atoms with Crippen LogP contribution >= 0.6 is 11.6 Å². The second-order valence-corrected chi connectivity index (χ2v) is 6.40. The largest absolute Gasteiger partial charge is 0.348 e. The van der Waals surface area contributed by atoms with E-state index in [1.807, 2.05) is 25.3 Å². The molecular formula is C16H14ClN5O3. The third-order valence-electron chi connectivity index (χ3n) is 4.54. The predicted octanol–water partition coefficient (Wildman–Crippen LogP) is 2.91. The number of rotatable bonds is 2. The zero-order valence-corrected chi connectivity index (χ0v) is 14.1. The lowest BCUT2D eigenvalue weighted by atomic mass is 10.1. The third kappa shape index (κ3) is 2.45. The van der Waals surface area contributed by atoms with Gasteiger partial charge in [-0.1, -0.05) is 11.6 Å². The number of fused-ring (bicyclic) bond motifs is 2. The third-order valence-corrected chi connectivity index (χ3v) is 4.74. The molecule has 0 saturated carbocycles. The molecule has 0 aliphatic carbocycles. The summed E-state index contributed by atoms with van der Waals surface area (Å²) in [6, 6.07) is 6.54. The van der Waals surface area contributed by atoms with Gasteiger partial charge in [-0.25, -0.2) is 4.52 Å². The van der Waals surface area contributed by atoms with Crippen molar-refractivity contribution in [3.8, 4) is 0 Å². The lowest BCUT2D eigenvalue weighted by Crippen LogP contribution is -2.40. The maximum Gasteiger partial charge on any atom is 0.296 e. The van der Waals surface area contributed by atoms with E-state index in [0.717, 1.165) is 5.69 Å². The van der Waals surface area contributed by atoms with Gasteiger partial charge in [0.15, 0.2) is 5.69 Å². The predicted molar refractivity (Wildman–Crippen MR) is 90.7 cm³/mol. The van der Waals surface area contributed by atoms with Crippen LogP contribution in [0.1, 0.15) is 29.1 Å². The maximum atomic E-state index is 12.9. The quantitative estimate of drug-likeness (QED) is 0.520. The summed E-state index contributed by atoms with van der Waals surface area (Å²) in [6.07, 6.45) is 3.44. The maximum absolute atomic E-state index is 12.9. The zero-order chi connectivity index (χ0) is 17.7. The summed E-state index contributed by atoms with van der Waals surface area (Å²) in [5.74, 6) is -0.255. The van der Waals surface area contributed by atoms with Crippen LogP contribution in [-0.2, 0) is 6.54 Å². The fourth-order valence-corrected chi connectivity index (χ4v) is 3.49. The second-order valence-electron chi connectivity index (χ2n) is 5.96. The molecule has 4 heterocycles. The van der Waals surface area contributed by atoms with Gasteiger partial charge in [0, 0.05) is 43.3 Å². The number of pyridine rings is 1. The van der Waals surface area contributed by atoms with E-state index in [1.54, 1.807) is 4.90 Å². The van der Waals surface area contributed by atoms with Crippen LogP contribution in [0.25, 0.3) is 5.52 Å². The van der Waals surface area contributed by atoms with Crippen molar-refractivity contribution in [2.75, 3.05) is 6.54 Å². The fourth-order valence-electron chi connectivity index (χ4n) is 3.30. The summed E-state index contributed by atoms with van der Waals surface area (Å²) in [6.45, 7) is 3.22. The first kappa shape index (κ1) is 15.6. The molecule has 9 heteroatoms. The van der Waals surface area contributed by atoms with Crippen LogP contribution in [0.3, 0.4) is 0 Å². The van der Waals surface area contributed by atoms with Gasteiger partial charge in [-0.3, -0.25) is 14.9 Å². The minimum atomic E-state index is -0.534. The Morgan fingerprint density at radius 1 is 1.40 bits per heavy atom. The Hall–Kier alpha value is -2.87. The molecule has 1 atom stereocenters. The molecule has 3 aromatic heterocycles. The molecule has 0 fully saturated rings. The van der Waals surface area contributed by atoms with Gasteiger partial charge in [0.1, 0.15) is 5.52 Å². The Balaban J connectivity index is 1.74. The molecular weight excluding hydrogens is 346 g/mol. The van der Waals surface area contributed by atoms with E-state index in [4.69, 9.17) is 11.6 Å². The highest BCUT2D eigenvalue weighted by Crippen LogP contribution is 2.29. The number of aromatic nitrogens is 3. The van der Waals surface area contributed by atoms with Crippen molar-refractivity contribution in [3.63, 3.8) is 0 Å². The first-order chi connectivity index (χ1) is 12.0. The Morgan fingerprint density at radius 3 is 2.96 bits per heavy atom. The van der Waals surface area contributed by atoms with E-state index in [-0.39, 0.29) is 33.9 Å². The zero-order valence-electron chi connectivity index (χ0n) is 13.3. The number of hydrogen-bond donors (Lipinski definition) is 0. The molecule has 3 aromatic rings. The number of nitrogens with zero attached hydrogens (tertiary/aromatic N) is 5.